The highest BCUT2D eigenvalue weighted by Crippen LogP contribution is 2.26. The van der Waals surface area contributed by atoms with Crippen LogP contribution in [0.25, 0.3) is 0 Å². The first-order valence-corrected chi connectivity index (χ1v) is 6.38. The van der Waals surface area contributed by atoms with Crippen LogP contribution >= 0.6 is 27.7 Å². The van der Waals surface area contributed by atoms with Gasteiger partial charge in [0.2, 0.25) is 0 Å². The van der Waals surface area contributed by atoms with Gasteiger partial charge in [-0.1, -0.05) is 15.9 Å². The third-order valence-corrected chi connectivity index (χ3v) is 3.57. The summed E-state index contributed by atoms with van der Waals surface area (Å²) in [7, 11) is 0. The van der Waals surface area contributed by atoms with Gasteiger partial charge in [0.15, 0.2) is 0 Å². The van der Waals surface area contributed by atoms with E-state index in [0.29, 0.717) is 11.3 Å². The predicted octanol–water partition coefficient (Wildman–Crippen LogP) is 1.18. The number of thioether (sulfide) groups is 1. The Morgan fingerprint density at radius 3 is 2.81 bits per heavy atom. The predicted molar refractivity (Wildman–Crippen MR) is 69.0 cm³/mol. The van der Waals surface area contributed by atoms with Gasteiger partial charge in [-0.25, -0.2) is 0 Å². The molecular formula is C10H13BrN2O2S. The van der Waals surface area contributed by atoms with Gasteiger partial charge in [-0.05, 0) is 18.2 Å². The summed E-state index contributed by atoms with van der Waals surface area (Å²) in [6.45, 7) is -0.267. The largest absolute Gasteiger partial charge is 0.394 e. The number of amidine groups is 1. The minimum absolute atomic E-state index is 0.00603. The Kier molecular flexibility index (Phi) is 5.27. The van der Waals surface area contributed by atoms with E-state index in [1.54, 1.807) is 6.07 Å². The van der Waals surface area contributed by atoms with Crippen molar-refractivity contribution >= 4 is 33.5 Å². The molecule has 1 aromatic rings. The highest BCUT2D eigenvalue weighted by atomic mass is 79.9. The molecule has 0 fully saturated rings. The van der Waals surface area contributed by atoms with Crippen molar-refractivity contribution in [1.82, 2.24) is 0 Å². The number of aliphatic hydroxyl groups is 2. The average molecular weight is 305 g/mol. The Morgan fingerprint density at radius 2 is 2.25 bits per heavy atom. The first kappa shape index (κ1) is 13.5. The standard InChI is InChI=1S/C10H13BrN2O2S/c11-6-1-2-8(10(12)13)9(3-6)16-5-7(15)4-14/h1-3,7,14-15H,4-5H2,(H3,12,13). The molecule has 0 amide bonds. The molecule has 1 atom stereocenters. The summed E-state index contributed by atoms with van der Waals surface area (Å²) in [5.74, 6) is 0.362. The fraction of sp³-hybridized carbons (Fsp3) is 0.300. The van der Waals surface area contributed by atoms with Crippen molar-refractivity contribution in [2.45, 2.75) is 11.0 Å². The second-order valence-corrected chi connectivity index (χ2v) is 5.18. The molecule has 6 heteroatoms. The molecule has 0 spiro atoms. The van der Waals surface area contributed by atoms with Gasteiger partial charge in [0.1, 0.15) is 5.84 Å². The van der Waals surface area contributed by atoms with Crippen molar-refractivity contribution in [2.75, 3.05) is 12.4 Å². The molecule has 16 heavy (non-hydrogen) atoms. The molecule has 0 bridgehead atoms. The summed E-state index contributed by atoms with van der Waals surface area (Å²) < 4.78 is 0.887. The van der Waals surface area contributed by atoms with Crippen molar-refractivity contribution in [3.05, 3.63) is 28.2 Å². The van der Waals surface area contributed by atoms with E-state index in [1.165, 1.54) is 11.8 Å². The molecule has 0 heterocycles. The smallest absolute Gasteiger partial charge is 0.123 e. The van der Waals surface area contributed by atoms with E-state index in [1.807, 2.05) is 12.1 Å². The van der Waals surface area contributed by atoms with E-state index in [-0.39, 0.29) is 12.4 Å². The number of nitrogens with two attached hydrogens (primary N) is 1. The average Bonchev–Trinajstić information content (AvgIpc) is 2.25. The molecule has 0 aliphatic rings. The number of nitrogen functional groups attached to an aromatic ring is 1. The van der Waals surface area contributed by atoms with E-state index in [9.17, 15) is 5.11 Å². The zero-order valence-corrected chi connectivity index (χ0v) is 10.9. The Hall–Kier alpha value is -0.560. The molecule has 0 aromatic heterocycles. The van der Waals surface area contributed by atoms with E-state index in [0.717, 1.165) is 9.37 Å². The first-order valence-electron chi connectivity index (χ1n) is 4.60. The topological polar surface area (TPSA) is 90.3 Å². The summed E-state index contributed by atoms with van der Waals surface area (Å²) in [5, 5.41) is 25.4. The maximum Gasteiger partial charge on any atom is 0.123 e. The second kappa shape index (κ2) is 6.24. The van der Waals surface area contributed by atoms with Gasteiger partial charge in [0, 0.05) is 20.7 Å². The number of nitrogens with one attached hydrogen (secondary N) is 1. The van der Waals surface area contributed by atoms with Gasteiger partial charge < -0.3 is 15.9 Å². The van der Waals surface area contributed by atoms with Crippen molar-refractivity contribution in [2.24, 2.45) is 5.73 Å². The minimum Gasteiger partial charge on any atom is -0.394 e. The molecule has 0 radical (unpaired) electrons. The number of hydrogen-bond acceptors (Lipinski definition) is 4. The van der Waals surface area contributed by atoms with Gasteiger partial charge in [0.25, 0.3) is 0 Å². The van der Waals surface area contributed by atoms with Crippen molar-refractivity contribution < 1.29 is 10.2 Å². The van der Waals surface area contributed by atoms with Crippen LogP contribution < -0.4 is 5.73 Å². The quantitative estimate of drug-likeness (QED) is 0.373. The summed E-state index contributed by atoms with van der Waals surface area (Å²) in [6.07, 6.45) is -0.760. The lowest BCUT2D eigenvalue weighted by Gasteiger charge is -2.10. The number of halogens is 1. The summed E-state index contributed by atoms with van der Waals surface area (Å²) in [4.78, 5) is 0.814. The van der Waals surface area contributed by atoms with Crippen LogP contribution in [0.4, 0.5) is 0 Å². The molecule has 1 rings (SSSR count). The maximum absolute atomic E-state index is 9.25. The molecule has 0 saturated heterocycles. The van der Waals surface area contributed by atoms with Gasteiger partial charge in [-0.3, -0.25) is 5.41 Å². The molecule has 0 saturated carbocycles. The monoisotopic (exact) mass is 304 g/mol. The third kappa shape index (κ3) is 3.79. The normalized spacial score (nSPS) is 12.4. The van der Waals surface area contributed by atoms with Gasteiger partial charge in [-0.15, -0.1) is 11.8 Å². The molecule has 5 N–H and O–H groups in total. The third-order valence-electron chi connectivity index (χ3n) is 1.88. The minimum atomic E-state index is -0.760. The number of rotatable bonds is 5. The van der Waals surface area contributed by atoms with Crippen LogP contribution in [0.2, 0.25) is 0 Å². The Bertz CT molecular complexity index is 387. The van der Waals surface area contributed by atoms with Crippen LogP contribution in [0.3, 0.4) is 0 Å². The Morgan fingerprint density at radius 1 is 1.56 bits per heavy atom. The lowest BCUT2D eigenvalue weighted by molar-refractivity contribution is 0.113. The van der Waals surface area contributed by atoms with Crippen molar-refractivity contribution in [3.8, 4) is 0 Å². The molecule has 4 nitrogen and oxygen atoms in total. The number of hydrogen-bond donors (Lipinski definition) is 4. The lowest BCUT2D eigenvalue weighted by Crippen LogP contribution is -2.16. The van der Waals surface area contributed by atoms with Crippen LogP contribution in [0.15, 0.2) is 27.6 Å². The van der Waals surface area contributed by atoms with E-state index in [4.69, 9.17) is 16.2 Å². The van der Waals surface area contributed by atoms with Crippen molar-refractivity contribution in [3.63, 3.8) is 0 Å². The number of benzene rings is 1. The highest BCUT2D eigenvalue weighted by Gasteiger charge is 2.09. The van der Waals surface area contributed by atoms with Gasteiger partial charge in [0.05, 0.1) is 12.7 Å². The SMILES string of the molecule is N=C(N)c1ccc(Br)cc1SCC(O)CO. The van der Waals surface area contributed by atoms with E-state index >= 15 is 0 Å². The lowest BCUT2D eigenvalue weighted by atomic mass is 10.2. The first-order chi connectivity index (χ1) is 7.54. The van der Waals surface area contributed by atoms with E-state index < -0.39 is 6.10 Å². The zero-order valence-electron chi connectivity index (χ0n) is 8.48. The fourth-order valence-corrected chi connectivity index (χ4v) is 2.61. The molecule has 0 aliphatic carbocycles. The molecule has 1 unspecified atom stereocenters. The molecular weight excluding hydrogens is 292 g/mol. The zero-order chi connectivity index (χ0) is 12.1. The van der Waals surface area contributed by atoms with E-state index in [2.05, 4.69) is 15.9 Å². The summed E-state index contributed by atoms with van der Waals surface area (Å²) in [5.41, 5.74) is 6.08. The van der Waals surface area contributed by atoms with Crippen LogP contribution in [-0.2, 0) is 0 Å². The molecule has 0 aliphatic heterocycles. The Labute approximate surface area is 106 Å². The maximum atomic E-state index is 9.25. The van der Waals surface area contributed by atoms with Gasteiger partial charge in [-0.2, -0.15) is 0 Å². The number of aliphatic hydroxyl groups excluding tert-OH is 2. The van der Waals surface area contributed by atoms with Crippen molar-refractivity contribution in [1.29, 1.82) is 5.41 Å². The fourth-order valence-electron chi connectivity index (χ4n) is 1.08. The Balaban J connectivity index is 2.84. The summed E-state index contributed by atoms with van der Waals surface area (Å²) in [6, 6.07) is 5.40. The molecule has 1 aromatic carbocycles. The highest BCUT2D eigenvalue weighted by molar-refractivity contribution is 9.10. The van der Waals surface area contributed by atoms with Crippen LogP contribution in [0.5, 0.6) is 0 Å². The van der Waals surface area contributed by atoms with Crippen LogP contribution in [-0.4, -0.2) is 34.5 Å². The van der Waals surface area contributed by atoms with Crippen LogP contribution in [0.1, 0.15) is 5.56 Å². The summed E-state index contributed by atoms with van der Waals surface area (Å²) >= 11 is 4.69. The van der Waals surface area contributed by atoms with Gasteiger partial charge >= 0.3 is 0 Å². The van der Waals surface area contributed by atoms with Crippen LogP contribution in [0, 0.1) is 5.41 Å². The molecule has 88 valence electrons. The second-order valence-electron chi connectivity index (χ2n) is 3.20.